The molecular formula is C22H26N2O2. The number of rotatable bonds is 4. The Kier molecular flexibility index (Phi) is 5.12. The molecule has 1 saturated heterocycles. The third-order valence-electron chi connectivity index (χ3n) is 5.14. The first-order valence-electron chi connectivity index (χ1n) is 9.13. The first-order valence-corrected chi connectivity index (χ1v) is 9.13. The molecule has 3 rings (SSSR count). The average Bonchev–Trinajstić information content (AvgIpc) is 3.00. The highest BCUT2D eigenvalue weighted by molar-refractivity contribution is 6.03. The molecular weight excluding hydrogens is 324 g/mol. The van der Waals surface area contributed by atoms with Gasteiger partial charge >= 0.3 is 0 Å². The molecule has 0 bridgehead atoms. The van der Waals surface area contributed by atoms with Crippen molar-refractivity contribution in [1.82, 2.24) is 0 Å². The molecule has 1 aliphatic heterocycles. The average molecular weight is 350 g/mol. The minimum Gasteiger partial charge on any atom is -0.326 e. The van der Waals surface area contributed by atoms with Crippen LogP contribution in [0.4, 0.5) is 11.4 Å². The number of hydrogen-bond acceptors (Lipinski definition) is 2. The molecule has 0 aliphatic carbocycles. The zero-order chi connectivity index (χ0) is 18.8. The normalized spacial score (nSPS) is 17.0. The molecule has 0 saturated carbocycles. The smallest absolute Gasteiger partial charge is 0.229 e. The van der Waals surface area contributed by atoms with Crippen molar-refractivity contribution in [1.29, 1.82) is 0 Å². The van der Waals surface area contributed by atoms with Crippen LogP contribution in [0, 0.1) is 19.8 Å². The number of benzene rings is 2. The van der Waals surface area contributed by atoms with Gasteiger partial charge in [-0.15, -0.1) is 0 Å². The largest absolute Gasteiger partial charge is 0.326 e. The molecule has 4 heteroatoms. The number of hydrogen-bond donors (Lipinski definition) is 1. The van der Waals surface area contributed by atoms with Gasteiger partial charge in [0.1, 0.15) is 0 Å². The van der Waals surface area contributed by atoms with Crippen LogP contribution < -0.4 is 10.2 Å². The summed E-state index contributed by atoms with van der Waals surface area (Å²) in [5, 5.41) is 2.95. The van der Waals surface area contributed by atoms with Crippen LogP contribution >= 0.6 is 0 Å². The van der Waals surface area contributed by atoms with Crippen LogP contribution in [-0.2, 0) is 9.59 Å². The Morgan fingerprint density at radius 3 is 2.38 bits per heavy atom. The Morgan fingerprint density at radius 2 is 1.77 bits per heavy atom. The summed E-state index contributed by atoms with van der Waals surface area (Å²) in [4.78, 5) is 26.7. The Bertz CT molecular complexity index is 825. The van der Waals surface area contributed by atoms with Crippen molar-refractivity contribution in [3.63, 3.8) is 0 Å². The zero-order valence-corrected chi connectivity index (χ0v) is 15.9. The summed E-state index contributed by atoms with van der Waals surface area (Å²) in [7, 11) is 0. The quantitative estimate of drug-likeness (QED) is 0.887. The molecule has 1 unspecified atom stereocenters. The van der Waals surface area contributed by atoms with Crippen molar-refractivity contribution in [2.45, 2.75) is 40.0 Å². The van der Waals surface area contributed by atoms with Crippen LogP contribution in [-0.4, -0.2) is 18.4 Å². The minimum atomic E-state index is -0.325. The molecule has 26 heavy (non-hydrogen) atoms. The highest BCUT2D eigenvalue weighted by Crippen LogP contribution is 2.28. The number of amides is 2. The van der Waals surface area contributed by atoms with E-state index in [1.165, 1.54) is 11.1 Å². The summed E-state index contributed by atoms with van der Waals surface area (Å²) in [6.45, 7) is 8.78. The summed E-state index contributed by atoms with van der Waals surface area (Å²) in [5.74, 6) is 0.0400. The van der Waals surface area contributed by atoms with Gasteiger partial charge in [-0.05, 0) is 60.7 Å². The highest BCUT2D eigenvalue weighted by Gasteiger charge is 2.35. The molecule has 136 valence electrons. The van der Waals surface area contributed by atoms with Crippen molar-refractivity contribution in [3.05, 3.63) is 59.2 Å². The lowest BCUT2D eigenvalue weighted by atomic mass is 10.0. The van der Waals surface area contributed by atoms with Crippen LogP contribution in [0.5, 0.6) is 0 Å². The molecule has 2 aromatic rings. The lowest BCUT2D eigenvalue weighted by Crippen LogP contribution is -2.28. The number of nitrogens with one attached hydrogen (secondary N) is 1. The van der Waals surface area contributed by atoms with Gasteiger partial charge in [0, 0.05) is 24.3 Å². The standard InChI is InChI=1S/C22H26N2O2/c1-14(2)17-6-8-19(9-7-17)23-22(26)18-12-21(25)24(13-18)20-10-5-15(3)16(4)11-20/h5-11,14,18H,12-13H2,1-4H3,(H,23,26). The first-order chi connectivity index (χ1) is 12.3. The van der Waals surface area contributed by atoms with E-state index in [-0.39, 0.29) is 24.2 Å². The molecule has 0 spiro atoms. The van der Waals surface area contributed by atoms with Crippen LogP contribution in [0.15, 0.2) is 42.5 Å². The van der Waals surface area contributed by atoms with E-state index < -0.39 is 0 Å². The van der Waals surface area contributed by atoms with Gasteiger partial charge in [-0.25, -0.2) is 0 Å². The molecule has 0 aromatic heterocycles. The van der Waals surface area contributed by atoms with Crippen molar-refractivity contribution in [2.24, 2.45) is 5.92 Å². The van der Waals surface area contributed by atoms with Gasteiger partial charge in [0.25, 0.3) is 0 Å². The summed E-state index contributed by atoms with van der Waals surface area (Å²) >= 11 is 0. The summed E-state index contributed by atoms with van der Waals surface area (Å²) in [5.41, 5.74) is 5.22. The molecule has 1 fully saturated rings. The third kappa shape index (κ3) is 3.79. The Labute approximate surface area is 155 Å². The van der Waals surface area contributed by atoms with E-state index in [0.717, 1.165) is 16.9 Å². The molecule has 4 nitrogen and oxygen atoms in total. The predicted molar refractivity (Wildman–Crippen MR) is 106 cm³/mol. The molecule has 1 heterocycles. The lowest BCUT2D eigenvalue weighted by molar-refractivity contribution is -0.122. The van der Waals surface area contributed by atoms with E-state index in [0.29, 0.717) is 12.5 Å². The van der Waals surface area contributed by atoms with Gasteiger partial charge in [0.15, 0.2) is 0 Å². The lowest BCUT2D eigenvalue weighted by Gasteiger charge is -2.18. The van der Waals surface area contributed by atoms with E-state index in [1.807, 2.05) is 56.3 Å². The maximum atomic E-state index is 12.6. The first kappa shape index (κ1) is 18.2. The van der Waals surface area contributed by atoms with Crippen LogP contribution in [0.25, 0.3) is 0 Å². The highest BCUT2D eigenvalue weighted by atomic mass is 16.2. The van der Waals surface area contributed by atoms with Gasteiger partial charge in [-0.2, -0.15) is 0 Å². The van der Waals surface area contributed by atoms with Gasteiger partial charge in [-0.1, -0.05) is 32.0 Å². The molecule has 2 aromatic carbocycles. The van der Waals surface area contributed by atoms with E-state index in [1.54, 1.807) is 4.90 Å². The summed E-state index contributed by atoms with van der Waals surface area (Å²) in [6.07, 6.45) is 0.253. The molecule has 1 N–H and O–H groups in total. The summed E-state index contributed by atoms with van der Waals surface area (Å²) in [6, 6.07) is 13.9. The van der Waals surface area contributed by atoms with Crippen molar-refractivity contribution >= 4 is 23.2 Å². The fraction of sp³-hybridized carbons (Fsp3) is 0.364. The van der Waals surface area contributed by atoms with Gasteiger partial charge < -0.3 is 10.2 Å². The third-order valence-corrected chi connectivity index (χ3v) is 5.14. The number of anilines is 2. The second-order valence-electron chi connectivity index (χ2n) is 7.44. The maximum Gasteiger partial charge on any atom is 0.229 e. The molecule has 2 amide bonds. The fourth-order valence-corrected chi connectivity index (χ4v) is 3.22. The number of aryl methyl sites for hydroxylation is 2. The topological polar surface area (TPSA) is 49.4 Å². The van der Waals surface area contributed by atoms with Gasteiger partial charge in [0.05, 0.1) is 5.92 Å². The summed E-state index contributed by atoms with van der Waals surface area (Å²) < 4.78 is 0. The van der Waals surface area contributed by atoms with Gasteiger partial charge in [0.2, 0.25) is 11.8 Å². The van der Waals surface area contributed by atoms with Gasteiger partial charge in [-0.3, -0.25) is 9.59 Å². The van der Waals surface area contributed by atoms with Crippen molar-refractivity contribution < 1.29 is 9.59 Å². The Morgan fingerprint density at radius 1 is 1.08 bits per heavy atom. The van der Waals surface area contributed by atoms with E-state index in [9.17, 15) is 9.59 Å². The molecule has 1 aliphatic rings. The van der Waals surface area contributed by atoms with Crippen LogP contribution in [0.2, 0.25) is 0 Å². The predicted octanol–water partition coefficient (Wildman–Crippen LogP) is 4.42. The second-order valence-corrected chi connectivity index (χ2v) is 7.44. The van der Waals surface area contributed by atoms with Crippen molar-refractivity contribution in [3.8, 4) is 0 Å². The fourth-order valence-electron chi connectivity index (χ4n) is 3.22. The number of nitrogens with zero attached hydrogens (tertiary/aromatic N) is 1. The zero-order valence-electron chi connectivity index (χ0n) is 15.9. The molecule has 1 atom stereocenters. The Hall–Kier alpha value is -2.62. The van der Waals surface area contributed by atoms with Crippen LogP contribution in [0.1, 0.15) is 42.9 Å². The van der Waals surface area contributed by atoms with E-state index in [2.05, 4.69) is 19.2 Å². The van der Waals surface area contributed by atoms with E-state index >= 15 is 0 Å². The second kappa shape index (κ2) is 7.32. The number of carbonyl (C=O) groups excluding carboxylic acids is 2. The Balaban J connectivity index is 1.67. The maximum absolute atomic E-state index is 12.6. The molecule has 0 radical (unpaired) electrons. The SMILES string of the molecule is Cc1ccc(N2CC(C(=O)Nc3ccc(C(C)C)cc3)CC2=O)cc1C. The number of carbonyl (C=O) groups is 2. The van der Waals surface area contributed by atoms with Crippen molar-refractivity contribution in [2.75, 3.05) is 16.8 Å². The minimum absolute atomic E-state index is 0.00330. The van der Waals surface area contributed by atoms with Crippen LogP contribution in [0.3, 0.4) is 0 Å². The van der Waals surface area contributed by atoms with E-state index in [4.69, 9.17) is 0 Å². The monoisotopic (exact) mass is 350 g/mol.